The lowest BCUT2D eigenvalue weighted by Crippen LogP contribution is -2.30. The van der Waals surface area contributed by atoms with E-state index in [2.05, 4.69) is 23.2 Å². The summed E-state index contributed by atoms with van der Waals surface area (Å²) in [5.74, 6) is 0.889. The fourth-order valence-corrected chi connectivity index (χ4v) is 3.82. The van der Waals surface area contributed by atoms with Crippen LogP contribution in [0, 0.1) is 11.3 Å². The Labute approximate surface area is 154 Å². The molecule has 0 N–H and O–H groups in total. The summed E-state index contributed by atoms with van der Waals surface area (Å²) in [4.78, 5) is 4.53. The second-order valence-corrected chi connectivity index (χ2v) is 6.89. The second kappa shape index (κ2) is 7.31. The van der Waals surface area contributed by atoms with Crippen LogP contribution in [0.1, 0.15) is 36.8 Å². The van der Waals surface area contributed by atoms with Crippen LogP contribution < -0.4 is 4.74 Å². The van der Waals surface area contributed by atoms with Gasteiger partial charge in [-0.2, -0.15) is 5.26 Å². The topological polar surface area (TPSA) is 54.6 Å². The van der Waals surface area contributed by atoms with Gasteiger partial charge in [0.2, 0.25) is 0 Å². The molecule has 4 nitrogen and oxygen atoms in total. The van der Waals surface area contributed by atoms with E-state index in [1.165, 1.54) is 0 Å². The molecular weight excluding hydrogens is 324 g/mol. The fourth-order valence-electron chi connectivity index (χ4n) is 3.82. The molecule has 4 rings (SSSR count). The zero-order valence-corrected chi connectivity index (χ0v) is 14.9. The lowest BCUT2D eigenvalue weighted by atomic mass is 9.93. The van der Waals surface area contributed by atoms with Gasteiger partial charge in [-0.3, -0.25) is 4.99 Å². The van der Waals surface area contributed by atoms with Crippen LogP contribution in [-0.2, 0) is 4.74 Å². The molecule has 2 atom stereocenters. The predicted molar refractivity (Wildman–Crippen MR) is 102 cm³/mol. The first kappa shape index (κ1) is 16.8. The zero-order chi connectivity index (χ0) is 17.9. The number of aliphatic imine (C=N–C) groups is 1. The molecule has 0 bridgehead atoms. The van der Waals surface area contributed by atoms with Crippen molar-refractivity contribution in [2.45, 2.75) is 37.9 Å². The second-order valence-electron chi connectivity index (χ2n) is 6.89. The maximum Gasteiger partial charge on any atom is 0.128 e. The van der Waals surface area contributed by atoms with Crippen molar-refractivity contribution in [3.63, 3.8) is 0 Å². The SMILES string of the molecule is CN=C1CC(CC2CCCO2)Oc2ccc(-c3cccc(C#N)c3)cc21. The van der Waals surface area contributed by atoms with Crippen molar-refractivity contribution < 1.29 is 9.47 Å². The molecule has 0 spiro atoms. The standard InChI is InChI=1S/C22H22N2O2/c1-24-21-13-19(12-18-6-3-9-25-18)26-22-8-7-17(11-20(21)22)16-5-2-4-15(10-16)14-23/h2,4-5,7-8,10-11,18-19H,3,6,9,12-13H2,1H3. The summed E-state index contributed by atoms with van der Waals surface area (Å²) >= 11 is 0. The summed E-state index contributed by atoms with van der Waals surface area (Å²) in [6.07, 6.45) is 4.44. The number of nitriles is 1. The van der Waals surface area contributed by atoms with Crippen molar-refractivity contribution in [3.8, 4) is 22.9 Å². The highest BCUT2D eigenvalue weighted by atomic mass is 16.5. The maximum absolute atomic E-state index is 9.13. The number of hydrogen-bond donors (Lipinski definition) is 0. The third kappa shape index (κ3) is 3.36. The van der Waals surface area contributed by atoms with Crippen LogP contribution in [0.2, 0.25) is 0 Å². The highest BCUT2D eigenvalue weighted by molar-refractivity contribution is 6.05. The van der Waals surface area contributed by atoms with Crippen LogP contribution in [0.15, 0.2) is 47.5 Å². The molecule has 0 aliphatic carbocycles. The number of rotatable bonds is 3. The smallest absolute Gasteiger partial charge is 0.128 e. The summed E-state index contributed by atoms with van der Waals surface area (Å²) < 4.78 is 12.0. The van der Waals surface area contributed by atoms with E-state index in [1.54, 1.807) is 0 Å². The quantitative estimate of drug-likeness (QED) is 0.829. The summed E-state index contributed by atoms with van der Waals surface area (Å²) in [6.45, 7) is 0.869. The molecule has 2 aromatic rings. The first-order chi connectivity index (χ1) is 12.8. The molecule has 4 heteroatoms. The molecule has 0 aromatic heterocycles. The number of fused-ring (bicyclic) bond motifs is 1. The summed E-state index contributed by atoms with van der Waals surface area (Å²) in [5.41, 5.74) is 4.90. The van der Waals surface area contributed by atoms with Gasteiger partial charge < -0.3 is 9.47 Å². The monoisotopic (exact) mass is 346 g/mol. The van der Waals surface area contributed by atoms with Gasteiger partial charge in [-0.15, -0.1) is 0 Å². The Bertz CT molecular complexity index is 876. The van der Waals surface area contributed by atoms with Gasteiger partial charge in [0.05, 0.1) is 17.7 Å². The molecule has 132 valence electrons. The Hall–Kier alpha value is -2.64. The van der Waals surface area contributed by atoms with Crippen molar-refractivity contribution in [2.24, 2.45) is 4.99 Å². The summed E-state index contributed by atoms with van der Waals surface area (Å²) in [5, 5.41) is 9.13. The molecule has 2 heterocycles. The Morgan fingerprint density at radius 2 is 2.04 bits per heavy atom. The number of nitrogens with zero attached hydrogens (tertiary/aromatic N) is 2. The summed E-state index contributed by atoms with van der Waals surface area (Å²) in [7, 11) is 1.84. The lowest BCUT2D eigenvalue weighted by molar-refractivity contribution is 0.0635. The van der Waals surface area contributed by atoms with Crippen molar-refractivity contribution in [1.82, 2.24) is 0 Å². The van der Waals surface area contributed by atoms with E-state index < -0.39 is 0 Å². The molecule has 0 saturated carbocycles. The molecule has 26 heavy (non-hydrogen) atoms. The zero-order valence-electron chi connectivity index (χ0n) is 14.9. The lowest BCUT2D eigenvalue weighted by Gasteiger charge is -2.29. The minimum atomic E-state index is 0.122. The van der Waals surface area contributed by atoms with Gasteiger partial charge in [0, 0.05) is 37.8 Å². The third-order valence-corrected chi connectivity index (χ3v) is 5.15. The highest BCUT2D eigenvalue weighted by Crippen LogP contribution is 2.34. The Balaban J connectivity index is 1.62. The number of benzene rings is 2. The van der Waals surface area contributed by atoms with Gasteiger partial charge in [-0.25, -0.2) is 0 Å². The van der Waals surface area contributed by atoms with E-state index in [0.29, 0.717) is 11.7 Å². The normalized spacial score (nSPS) is 23.3. The van der Waals surface area contributed by atoms with Crippen molar-refractivity contribution in [3.05, 3.63) is 53.6 Å². The average molecular weight is 346 g/mol. The number of hydrogen-bond acceptors (Lipinski definition) is 4. The maximum atomic E-state index is 9.13. The van der Waals surface area contributed by atoms with Gasteiger partial charge in [0.25, 0.3) is 0 Å². The minimum Gasteiger partial charge on any atom is -0.489 e. The number of ether oxygens (including phenoxy) is 2. The van der Waals surface area contributed by atoms with Gasteiger partial charge >= 0.3 is 0 Å². The van der Waals surface area contributed by atoms with E-state index in [4.69, 9.17) is 14.7 Å². The van der Waals surface area contributed by atoms with Gasteiger partial charge in [-0.05, 0) is 48.2 Å². The van der Waals surface area contributed by atoms with Crippen molar-refractivity contribution in [1.29, 1.82) is 5.26 Å². The first-order valence-electron chi connectivity index (χ1n) is 9.15. The van der Waals surface area contributed by atoms with Crippen LogP contribution >= 0.6 is 0 Å². The third-order valence-electron chi connectivity index (χ3n) is 5.15. The van der Waals surface area contributed by atoms with Crippen molar-refractivity contribution >= 4 is 5.71 Å². The Morgan fingerprint density at radius 3 is 2.81 bits per heavy atom. The molecule has 2 aromatic carbocycles. The van der Waals surface area contributed by atoms with E-state index in [-0.39, 0.29) is 6.10 Å². The van der Waals surface area contributed by atoms with Crippen LogP contribution in [0.4, 0.5) is 0 Å². The van der Waals surface area contributed by atoms with Crippen LogP contribution in [-0.4, -0.2) is 31.6 Å². The Kier molecular flexibility index (Phi) is 4.73. The molecule has 1 fully saturated rings. The fraction of sp³-hybridized carbons (Fsp3) is 0.364. The van der Waals surface area contributed by atoms with Crippen LogP contribution in [0.5, 0.6) is 5.75 Å². The van der Waals surface area contributed by atoms with E-state index in [1.807, 2.05) is 37.4 Å². The Morgan fingerprint density at radius 1 is 1.15 bits per heavy atom. The highest BCUT2D eigenvalue weighted by Gasteiger charge is 2.29. The molecule has 0 radical (unpaired) electrons. The average Bonchev–Trinajstić information content (AvgIpc) is 3.20. The minimum absolute atomic E-state index is 0.122. The largest absolute Gasteiger partial charge is 0.489 e. The van der Waals surface area contributed by atoms with Gasteiger partial charge in [0.1, 0.15) is 11.9 Å². The predicted octanol–water partition coefficient (Wildman–Crippen LogP) is 4.36. The van der Waals surface area contributed by atoms with Crippen LogP contribution in [0.3, 0.4) is 0 Å². The summed E-state index contributed by atoms with van der Waals surface area (Å²) in [6, 6.07) is 16.1. The van der Waals surface area contributed by atoms with E-state index in [0.717, 1.165) is 60.4 Å². The van der Waals surface area contributed by atoms with Gasteiger partial charge in [0.15, 0.2) is 0 Å². The molecular formula is C22H22N2O2. The molecule has 2 unspecified atom stereocenters. The van der Waals surface area contributed by atoms with Crippen molar-refractivity contribution in [2.75, 3.05) is 13.7 Å². The molecule has 2 aliphatic heterocycles. The van der Waals surface area contributed by atoms with Gasteiger partial charge in [-0.1, -0.05) is 18.2 Å². The van der Waals surface area contributed by atoms with Crippen LogP contribution in [0.25, 0.3) is 11.1 Å². The molecule has 1 saturated heterocycles. The van der Waals surface area contributed by atoms with E-state index >= 15 is 0 Å². The van der Waals surface area contributed by atoms with E-state index in [9.17, 15) is 0 Å². The molecule has 0 amide bonds. The molecule has 2 aliphatic rings. The first-order valence-corrected chi connectivity index (χ1v) is 9.15.